The monoisotopic (exact) mass is 394 g/mol. The van der Waals surface area contributed by atoms with Gasteiger partial charge in [-0.15, -0.1) is 11.6 Å². The number of halogens is 2. The zero-order valence-corrected chi connectivity index (χ0v) is 16.0. The van der Waals surface area contributed by atoms with Crippen LogP contribution in [0.25, 0.3) is 0 Å². The number of esters is 1. The number of anilines is 1. The van der Waals surface area contributed by atoms with Gasteiger partial charge in [-0.3, -0.25) is 0 Å². The van der Waals surface area contributed by atoms with Gasteiger partial charge in [0.1, 0.15) is 5.84 Å². The fourth-order valence-electron chi connectivity index (χ4n) is 2.57. The van der Waals surface area contributed by atoms with Gasteiger partial charge >= 0.3 is 5.97 Å². The van der Waals surface area contributed by atoms with E-state index in [0.717, 1.165) is 11.3 Å². The highest BCUT2D eigenvalue weighted by atomic mass is 35.5. The molecule has 1 N–H and O–H groups in total. The molecule has 1 aliphatic rings. The van der Waals surface area contributed by atoms with E-state index < -0.39 is 11.7 Å². The molecule has 26 heavy (non-hydrogen) atoms. The van der Waals surface area contributed by atoms with E-state index in [1.807, 2.05) is 42.5 Å². The predicted octanol–water partition coefficient (Wildman–Crippen LogP) is 3.71. The zero-order valence-electron chi connectivity index (χ0n) is 14.5. The Morgan fingerprint density at radius 2 is 1.81 bits per heavy atom. The number of aliphatic hydroxyl groups is 1. The first-order valence-corrected chi connectivity index (χ1v) is 9.12. The fourth-order valence-corrected chi connectivity index (χ4v) is 2.69. The first kappa shape index (κ1) is 20.2. The highest BCUT2D eigenvalue weighted by Crippen LogP contribution is 2.29. The van der Waals surface area contributed by atoms with Crippen LogP contribution in [0.15, 0.2) is 59.6 Å². The third-order valence-corrected chi connectivity index (χ3v) is 3.95. The molecule has 0 spiro atoms. The number of rotatable bonds is 4. The normalized spacial score (nSPS) is 18.7. The van der Waals surface area contributed by atoms with Crippen LogP contribution in [-0.4, -0.2) is 42.2 Å². The molecule has 7 heteroatoms. The molecular weight excluding hydrogens is 375 g/mol. The average molecular weight is 395 g/mol. The van der Waals surface area contributed by atoms with Crippen molar-refractivity contribution in [1.82, 2.24) is 0 Å². The third-order valence-electron chi connectivity index (χ3n) is 3.70. The van der Waals surface area contributed by atoms with E-state index in [-0.39, 0.29) is 13.2 Å². The molecule has 0 fully saturated rings. The lowest BCUT2D eigenvalue weighted by atomic mass is 10.1. The second-order valence-corrected chi connectivity index (χ2v) is 5.84. The lowest BCUT2D eigenvalue weighted by molar-refractivity contribution is -0.162. The average Bonchev–Trinajstić information content (AvgIpc) is 3.04. The first-order chi connectivity index (χ1) is 12.5. The Morgan fingerprint density at radius 1 is 1.19 bits per heavy atom. The van der Waals surface area contributed by atoms with Crippen molar-refractivity contribution in [3.8, 4) is 0 Å². The number of amidine groups is 1. The van der Waals surface area contributed by atoms with Crippen LogP contribution in [0.5, 0.6) is 0 Å². The highest BCUT2D eigenvalue weighted by molar-refractivity contribution is 6.30. The van der Waals surface area contributed by atoms with Crippen molar-refractivity contribution in [1.29, 1.82) is 0 Å². The van der Waals surface area contributed by atoms with Crippen molar-refractivity contribution in [2.45, 2.75) is 12.6 Å². The molecule has 2 aromatic rings. The summed E-state index contributed by atoms with van der Waals surface area (Å²) in [6.07, 6.45) is 1.47. The maximum atomic E-state index is 12.1. The number of hydrogen-bond donors (Lipinski definition) is 1. The van der Waals surface area contributed by atoms with Crippen LogP contribution >= 0.6 is 23.2 Å². The van der Waals surface area contributed by atoms with E-state index in [9.17, 15) is 9.90 Å². The number of β-amino-alcohol motifs (C(OH)–C–C–N with tert-alkyl or cyclic N) is 1. The van der Waals surface area contributed by atoms with Gasteiger partial charge < -0.3 is 14.7 Å². The van der Waals surface area contributed by atoms with Crippen molar-refractivity contribution in [3.05, 3.63) is 65.2 Å². The molecule has 2 aromatic carbocycles. The van der Waals surface area contributed by atoms with Gasteiger partial charge in [0, 0.05) is 22.7 Å². The van der Waals surface area contributed by atoms with Crippen LogP contribution in [0.1, 0.15) is 12.5 Å². The summed E-state index contributed by atoms with van der Waals surface area (Å²) in [5.74, 6) is -0.247. The minimum absolute atomic E-state index is 0.0162. The number of carbonyl (C=O) groups excluding carboxylic acids is 1. The van der Waals surface area contributed by atoms with E-state index in [1.54, 1.807) is 24.0 Å². The molecule has 0 aliphatic carbocycles. The van der Waals surface area contributed by atoms with Gasteiger partial charge in [-0.1, -0.05) is 41.9 Å². The molecule has 138 valence electrons. The molecule has 1 atom stereocenters. The lowest BCUT2D eigenvalue weighted by Gasteiger charge is -2.23. The van der Waals surface area contributed by atoms with E-state index in [4.69, 9.17) is 16.3 Å². The van der Waals surface area contributed by atoms with Crippen LogP contribution in [0.3, 0.4) is 0 Å². The van der Waals surface area contributed by atoms with Crippen molar-refractivity contribution in [3.63, 3.8) is 0 Å². The molecule has 0 saturated heterocycles. The summed E-state index contributed by atoms with van der Waals surface area (Å²) in [5.41, 5.74) is -0.351. The lowest BCUT2D eigenvalue weighted by Crippen LogP contribution is -2.43. The number of nitrogens with zero attached hydrogens (tertiary/aromatic N) is 2. The van der Waals surface area contributed by atoms with Gasteiger partial charge in [0.25, 0.3) is 5.72 Å². The number of aliphatic imine (C=N–C) groups is 1. The number of ether oxygens (including phenoxy) is 1. The molecule has 3 rings (SSSR count). The smallest absolute Gasteiger partial charge is 0.363 e. The summed E-state index contributed by atoms with van der Waals surface area (Å²) in [5, 5.41) is 11.3. The van der Waals surface area contributed by atoms with E-state index in [0.29, 0.717) is 10.9 Å². The van der Waals surface area contributed by atoms with Gasteiger partial charge in [-0.25, -0.2) is 9.79 Å². The Morgan fingerprint density at radius 3 is 2.38 bits per heavy atom. The van der Waals surface area contributed by atoms with Crippen LogP contribution in [0.2, 0.25) is 5.02 Å². The fraction of sp³-hybridized carbons (Fsp3) is 0.263. The Hall–Kier alpha value is -2.08. The molecule has 0 saturated carbocycles. The first-order valence-electron chi connectivity index (χ1n) is 7.99. The van der Waals surface area contributed by atoms with Crippen molar-refractivity contribution >= 4 is 40.7 Å². The summed E-state index contributed by atoms with van der Waals surface area (Å²) in [4.78, 5) is 18.2. The second-order valence-electron chi connectivity index (χ2n) is 5.40. The Balaban J connectivity index is 0.00000117. The summed E-state index contributed by atoms with van der Waals surface area (Å²) in [6, 6.07) is 16.5. The van der Waals surface area contributed by atoms with Crippen molar-refractivity contribution in [2.75, 3.05) is 24.4 Å². The second kappa shape index (κ2) is 9.03. The standard InChI is InChI=1S/C18H17ClN2O3.CH3Cl/c1-2-24-17(22)18(23)12-21(15-10-8-14(19)9-11-15)16(20-18)13-6-4-3-5-7-13;1-2/h3-11,23H,2,12H2,1H3;1H3. The van der Waals surface area contributed by atoms with Gasteiger partial charge in [0.15, 0.2) is 0 Å². The van der Waals surface area contributed by atoms with Crippen LogP contribution in [-0.2, 0) is 9.53 Å². The molecule has 0 aromatic heterocycles. The minimum Gasteiger partial charge on any atom is -0.462 e. The summed E-state index contributed by atoms with van der Waals surface area (Å²) in [7, 11) is 0. The van der Waals surface area contributed by atoms with Crippen LogP contribution in [0.4, 0.5) is 5.69 Å². The third kappa shape index (κ3) is 4.36. The summed E-state index contributed by atoms with van der Waals surface area (Å²) in [6.45, 7) is 1.85. The SMILES string of the molecule is CCOC(=O)C1(O)CN(c2ccc(Cl)cc2)C(c2ccccc2)=N1.CCl. The topological polar surface area (TPSA) is 62.1 Å². The number of benzene rings is 2. The van der Waals surface area contributed by atoms with Gasteiger partial charge in [0.05, 0.1) is 13.2 Å². The molecule has 5 nitrogen and oxygen atoms in total. The molecule has 0 bridgehead atoms. The largest absolute Gasteiger partial charge is 0.462 e. The molecule has 0 amide bonds. The number of hydrogen-bond acceptors (Lipinski definition) is 5. The van der Waals surface area contributed by atoms with E-state index >= 15 is 0 Å². The predicted molar refractivity (Wildman–Crippen MR) is 105 cm³/mol. The highest BCUT2D eigenvalue weighted by Gasteiger charge is 2.46. The van der Waals surface area contributed by atoms with E-state index in [1.165, 1.54) is 6.38 Å². The van der Waals surface area contributed by atoms with Gasteiger partial charge in [0.2, 0.25) is 0 Å². The Kier molecular flexibility index (Phi) is 7.03. The molecule has 1 heterocycles. The molecule has 0 radical (unpaired) electrons. The maximum absolute atomic E-state index is 12.1. The van der Waals surface area contributed by atoms with Crippen molar-refractivity contribution < 1.29 is 14.6 Å². The minimum atomic E-state index is -1.93. The summed E-state index contributed by atoms with van der Waals surface area (Å²) < 4.78 is 4.97. The zero-order chi connectivity index (χ0) is 19.2. The molecular formula is C19H20Cl2N2O3. The molecule has 1 aliphatic heterocycles. The number of alkyl halides is 1. The van der Waals surface area contributed by atoms with Gasteiger partial charge in [-0.05, 0) is 31.2 Å². The quantitative estimate of drug-likeness (QED) is 0.633. The van der Waals surface area contributed by atoms with Crippen LogP contribution in [0, 0.1) is 0 Å². The Bertz CT molecular complexity index is 766. The van der Waals surface area contributed by atoms with Crippen LogP contribution < -0.4 is 4.90 Å². The number of carbonyl (C=O) groups is 1. The maximum Gasteiger partial charge on any atom is 0.363 e. The summed E-state index contributed by atoms with van der Waals surface area (Å²) >= 11 is 10.6. The van der Waals surface area contributed by atoms with Gasteiger partial charge in [-0.2, -0.15) is 0 Å². The van der Waals surface area contributed by atoms with Crippen molar-refractivity contribution in [2.24, 2.45) is 4.99 Å². The molecule has 1 unspecified atom stereocenters. The van der Waals surface area contributed by atoms with E-state index in [2.05, 4.69) is 16.6 Å². The Labute approximate surface area is 162 Å².